The van der Waals surface area contributed by atoms with Crippen LogP contribution in [0.5, 0.6) is 0 Å². The zero-order chi connectivity index (χ0) is 22.3. The largest absolute Gasteiger partial charge is 0.526 e. The number of hydrogen-bond acceptors (Lipinski definition) is 3. The Bertz CT molecular complexity index is 780. The van der Waals surface area contributed by atoms with Crippen LogP contribution in [-0.4, -0.2) is 13.9 Å². The summed E-state index contributed by atoms with van der Waals surface area (Å²) in [5.74, 6) is 0. The highest BCUT2D eigenvalue weighted by molar-refractivity contribution is 7.90. The Morgan fingerprint density at radius 3 is 1.50 bits per heavy atom. The summed E-state index contributed by atoms with van der Waals surface area (Å²) in [6.07, 6.45) is 0. The SMILES string of the molecule is CC(C)(C)c1cc(C(C)(C)C)c([N-][PH2+]OS(=O)(=O)C(F)(F)F)c(C(C)(C)C)c1. The topological polar surface area (TPSA) is 57.5 Å². The molecule has 162 valence electrons. The highest BCUT2D eigenvalue weighted by Crippen LogP contribution is 2.49. The molecular weight excluding hydrogens is 410 g/mol. The number of hydrogen-bond donors (Lipinski definition) is 0. The van der Waals surface area contributed by atoms with Gasteiger partial charge in [0, 0.05) is 0 Å². The third kappa shape index (κ3) is 6.07. The summed E-state index contributed by atoms with van der Waals surface area (Å²) in [6.45, 7) is 18.2. The predicted molar refractivity (Wildman–Crippen MR) is 111 cm³/mol. The second-order valence-electron chi connectivity index (χ2n) is 9.90. The lowest BCUT2D eigenvalue weighted by molar-refractivity contribution is -0.0495. The Morgan fingerprint density at radius 2 is 1.21 bits per heavy atom. The summed E-state index contributed by atoms with van der Waals surface area (Å²) >= 11 is 0. The van der Waals surface area contributed by atoms with Crippen LogP contribution in [-0.2, 0) is 30.3 Å². The van der Waals surface area contributed by atoms with Crippen molar-refractivity contribution in [2.24, 2.45) is 0 Å². The van der Waals surface area contributed by atoms with Crippen LogP contribution in [0.4, 0.5) is 18.9 Å². The molecule has 0 radical (unpaired) electrons. The molecule has 0 spiro atoms. The molecule has 0 fully saturated rings. The molecule has 0 aliphatic rings. The molecule has 0 aliphatic carbocycles. The minimum atomic E-state index is -5.65. The molecule has 9 heteroatoms. The van der Waals surface area contributed by atoms with Gasteiger partial charge >= 0.3 is 15.6 Å². The fourth-order valence-electron chi connectivity index (χ4n) is 2.54. The lowest BCUT2D eigenvalue weighted by Gasteiger charge is -2.37. The number of halogens is 3. The lowest BCUT2D eigenvalue weighted by Crippen LogP contribution is -2.23. The Hall–Kier alpha value is -0.850. The van der Waals surface area contributed by atoms with Gasteiger partial charge < -0.3 is 5.09 Å². The van der Waals surface area contributed by atoms with Crippen LogP contribution in [0, 0.1) is 0 Å². The highest BCUT2D eigenvalue weighted by Gasteiger charge is 2.48. The quantitative estimate of drug-likeness (QED) is 0.386. The first kappa shape index (κ1) is 25.2. The summed E-state index contributed by atoms with van der Waals surface area (Å²) in [5.41, 5.74) is -2.98. The predicted octanol–water partition coefficient (Wildman–Crippen LogP) is 6.69. The first-order valence-corrected chi connectivity index (χ1v) is 11.3. The highest BCUT2D eigenvalue weighted by atomic mass is 32.2. The number of nitrogens with zero attached hydrogens (tertiary/aromatic N) is 1. The smallest absolute Gasteiger partial charge is 0.500 e. The Morgan fingerprint density at radius 1 is 0.821 bits per heavy atom. The molecule has 1 rings (SSSR count). The molecule has 0 heterocycles. The molecule has 0 aromatic heterocycles. The Balaban J connectivity index is 3.51. The van der Waals surface area contributed by atoms with E-state index in [1.807, 2.05) is 53.7 Å². The maximum Gasteiger partial charge on any atom is 0.526 e. The molecule has 0 amide bonds. The van der Waals surface area contributed by atoms with Crippen LogP contribution in [0.2, 0.25) is 0 Å². The van der Waals surface area contributed by atoms with E-state index in [1.54, 1.807) is 0 Å². The van der Waals surface area contributed by atoms with Crippen molar-refractivity contribution in [1.82, 2.24) is 0 Å². The Labute approximate surface area is 168 Å². The van der Waals surface area contributed by atoms with Crippen LogP contribution >= 0.6 is 8.96 Å². The molecule has 1 aromatic rings. The molecular formula is C19H31F3NO3PS. The van der Waals surface area contributed by atoms with Crippen molar-refractivity contribution >= 4 is 24.8 Å². The van der Waals surface area contributed by atoms with Crippen LogP contribution < -0.4 is 0 Å². The van der Waals surface area contributed by atoms with E-state index >= 15 is 0 Å². The summed E-state index contributed by atoms with van der Waals surface area (Å²) in [4.78, 5) is 0. The van der Waals surface area contributed by atoms with Crippen molar-refractivity contribution in [3.05, 3.63) is 33.9 Å². The van der Waals surface area contributed by atoms with E-state index in [4.69, 9.17) is 0 Å². The van der Waals surface area contributed by atoms with Gasteiger partial charge in [-0.2, -0.15) is 21.6 Å². The fourth-order valence-corrected chi connectivity index (χ4v) is 3.98. The van der Waals surface area contributed by atoms with Gasteiger partial charge in [-0.1, -0.05) is 85.6 Å². The van der Waals surface area contributed by atoms with E-state index in [0.29, 0.717) is 5.69 Å². The summed E-state index contributed by atoms with van der Waals surface area (Å²) in [7, 11) is -7.44. The lowest BCUT2D eigenvalue weighted by atomic mass is 9.74. The van der Waals surface area contributed by atoms with Crippen molar-refractivity contribution in [2.75, 3.05) is 0 Å². The molecule has 0 saturated heterocycles. The fraction of sp³-hybridized carbons (Fsp3) is 0.684. The van der Waals surface area contributed by atoms with Crippen LogP contribution in [0.3, 0.4) is 0 Å². The minimum absolute atomic E-state index is 0.137. The van der Waals surface area contributed by atoms with Gasteiger partial charge in [0.2, 0.25) is 0 Å². The number of alkyl halides is 3. The van der Waals surface area contributed by atoms with Gasteiger partial charge in [-0.05, 0) is 21.8 Å². The molecule has 28 heavy (non-hydrogen) atoms. The molecule has 1 aromatic carbocycles. The van der Waals surface area contributed by atoms with E-state index in [9.17, 15) is 21.6 Å². The number of benzene rings is 1. The zero-order valence-corrected chi connectivity index (χ0v) is 19.9. The van der Waals surface area contributed by atoms with Gasteiger partial charge in [-0.3, -0.25) is 0 Å². The van der Waals surface area contributed by atoms with E-state index in [0.717, 1.165) is 16.7 Å². The maximum absolute atomic E-state index is 12.5. The van der Waals surface area contributed by atoms with E-state index < -0.39 is 24.6 Å². The normalized spacial score (nSPS) is 14.7. The summed E-state index contributed by atoms with van der Waals surface area (Å²) in [6, 6.07) is 4.01. The van der Waals surface area contributed by atoms with E-state index in [-0.39, 0.29) is 16.2 Å². The molecule has 1 atom stereocenters. The first-order chi connectivity index (χ1) is 12.2. The van der Waals surface area contributed by atoms with Crippen molar-refractivity contribution in [3.63, 3.8) is 0 Å². The van der Waals surface area contributed by atoms with Gasteiger partial charge in [-0.15, -0.1) is 9.66 Å². The molecule has 1 unspecified atom stereocenters. The van der Waals surface area contributed by atoms with Crippen molar-refractivity contribution in [1.29, 1.82) is 0 Å². The molecule has 0 saturated carbocycles. The summed E-state index contributed by atoms with van der Waals surface area (Å²) in [5, 5.41) is 4.24. The monoisotopic (exact) mass is 441 g/mol. The van der Waals surface area contributed by atoms with Crippen LogP contribution in [0.1, 0.15) is 79.0 Å². The van der Waals surface area contributed by atoms with Gasteiger partial charge in [-0.25, -0.2) is 0 Å². The first-order valence-electron chi connectivity index (χ1n) is 8.89. The van der Waals surface area contributed by atoms with Crippen LogP contribution in [0.25, 0.3) is 5.09 Å². The van der Waals surface area contributed by atoms with Gasteiger partial charge in [0.1, 0.15) is 0 Å². The van der Waals surface area contributed by atoms with Gasteiger partial charge in [0.15, 0.2) is 0 Å². The Kier molecular flexibility index (Phi) is 6.99. The van der Waals surface area contributed by atoms with Crippen molar-refractivity contribution in [2.45, 2.75) is 84.1 Å². The second kappa shape index (κ2) is 7.77. The maximum atomic E-state index is 12.5. The zero-order valence-electron chi connectivity index (χ0n) is 17.9. The standard InChI is InChI=1S/C19H31F3NO3PS/c1-16(2,3)12-10-13(17(4,5)6)15(14(11-12)18(7,8)9)23-27-26-28(24,25)19(20,21)22/h10-11H,27H2,1-9H3. The third-order valence-corrected chi connectivity index (χ3v) is 6.52. The van der Waals surface area contributed by atoms with Crippen molar-refractivity contribution in [3.8, 4) is 0 Å². The van der Waals surface area contributed by atoms with Gasteiger partial charge in [0.05, 0.1) is 8.96 Å². The van der Waals surface area contributed by atoms with E-state index in [2.05, 4.69) is 29.8 Å². The number of rotatable bonds is 4. The van der Waals surface area contributed by atoms with Gasteiger partial charge in [0.25, 0.3) is 0 Å². The molecule has 0 aliphatic heterocycles. The average molecular weight is 441 g/mol. The van der Waals surface area contributed by atoms with Crippen LogP contribution in [0.15, 0.2) is 12.1 Å². The average Bonchev–Trinajstić information content (AvgIpc) is 2.42. The molecule has 4 nitrogen and oxygen atoms in total. The summed E-state index contributed by atoms with van der Waals surface area (Å²) < 4.78 is 64.2. The van der Waals surface area contributed by atoms with E-state index in [1.165, 1.54) is 0 Å². The molecule has 0 N–H and O–H groups in total. The minimum Gasteiger partial charge on any atom is -0.500 e. The van der Waals surface area contributed by atoms with Crippen molar-refractivity contribution < 1.29 is 25.6 Å². The third-order valence-electron chi connectivity index (χ3n) is 4.23. The molecule has 0 bridgehead atoms. The second-order valence-corrected chi connectivity index (χ2v) is 12.5.